The van der Waals surface area contributed by atoms with Crippen molar-refractivity contribution in [3.63, 3.8) is 0 Å². The first-order valence-corrected chi connectivity index (χ1v) is 16.9. The van der Waals surface area contributed by atoms with Gasteiger partial charge in [-0.2, -0.15) is 0 Å². The summed E-state index contributed by atoms with van der Waals surface area (Å²) < 4.78 is 29.2. The highest BCUT2D eigenvalue weighted by Gasteiger charge is 2.35. The van der Waals surface area contributed by atoms with Crippen LogP contribution in [0.1, 0.15) is 30.5 Å². The second-order valence-corrected chi connectivity index (χ2v) is 14.0. The maximum Gasteiger partial charge on any atom is 0.264 e. The average Bonchev–Trinajstić information content (AvgIpc) is 3.00. The molecule has 2 amide bonds. The predicted molar refractivity (Wildman–Crippen MR) is 181 cm³/mol. The molecule has 0 bridgehead atoms. The summed E-state index contributed by atoms with van der Waals surface area (Å²) in [7, 11) is -4.28. The fourth-order valence-electron chi connectivity index (χ4n) is 4.75. The van der Waals surface area contributed by atoms with Gasteiger partial charge in [0.25, 0.3) is 10.0 Å². The first-order valence-electron chi connectivity index (χ1n) is 14.3. The van der Waals surface area contributed by atoms with E-state index in [1.54, 1.807) is 36.4 Å². The van der Waals surface area contributed by atoms with Crippen molar-refractivity contribution in [2.24, 2.45) is 0 Å². The molecule has 0 aliphatic heterocycles. The van der Waals surface area contributed by atoms with Crippen molar-refractivity contribution >= 4 is 62.3 Å². The first-order chi connectivity index (χ1) is 21.4. The lowest BCUT2D eigenvalue weighted by molar-refractivity contribution is -0.140. The Bertz CT molecular complexity index is 1750. The number of carbonyl (C=O) groups excluding carboxylic acids is 2. The first kappa shape index (κ1) is 34.3. The van der Waals surface area contributed by atoms with E-state index in [1.807, 2.05) is 51.1 Å². The lowest BCUT2D eigenvalue weighted by atomic mass is 10.0. The summed E-state index contributed by atoms with van der Waals surface area (Å²) in [6.07, 6.45) is 0.188. The maximum absolute atomic E-state index is 14.5. The van der Waals surface area contributed by atoms with E-state index < -0.39 is 28.5 Å². The fourth-order valence-corrected chi connectivity index (χ4v) is 6.65. The van der Waals surface area contributed by atoms with Gasteiger partial charge in [-0.1, -0.05) is 101 Å². The molecule has 0 aliphatic carbocycles. The number of rotatable bonds is 12. The monoisotopic (exact) mass is 685 g/mol. The molecule has 0 aliphatic rings. The van der Waals surface area contributed by atoms with Gasteiger partial charge < -0.3 is 10.2 Å². The van der Waals surface area contributed by atoms with Crippen LogP contribution >= 0.6 is 34.8 Å². The molecule has 1 N–H and O–H groups in total. The summed E-state index contributed by atoms with van der Waals surface area (Å²) in [6, 6.07) is 25.8. The van der Waals surface area contributed by atoms with Gasteiger partial charge in [-0.15, -0.1) is 0 Å². The van der Waals surface area contributed by atoms with Crippen LogP contribution in [0.25, 0.3) is 0 Å². The molecule has 0 saturated carbocycles. The molecule has 1 atom stereocenters. The predicted octanol–water partition coefficient (Wildman–Crippen LogP) is 7.32. The van der Waals surface area contributed by atoms with Crippen LogP contribution in [0.5, 0.6) is 0 Å². The molecular weight excluding hydrogens is 653 g/mol. The third-order valence-electron chi connectivity index (χ3n) is 7.08. The summed E-state index contributed by atoms with van der Waals surface area (Å²) in [5.74, 6) is -0.992. The van der Waals surface area contributed by atoms with Crippen molar-refractivity contribution < 1.29 is 18.0 Å². The third-order valence-corrected chi connectivity index (χ3v) is 9.98. The average molecular weight is 687 g/mol. The SMILES string of the molecule is Cc1ccc(S(=O)(=O)N(CC(=O)N(Cc2ccccc2Cl)[C@@H](Cc2ccccc2)C(=O)NC(C)C)c2ccc(Cl)c(Cl)c2)cc1. The van der Waals surface area contributed by atoms with Gasteiger partial charge in [0, 0.05) is 24.0 Å². The molecule has 236 valence electrons. The Kier molecular flexibility index (Phi) is 11.6. The minimum Gasteiger partial charge on any atom is -0.352 e. The molecular formula is C34H34Cl3N3O4S. The Hall–Kier alpha value is -3.56. The Morgan fingerprint density at radius 1 is 0.800 bits per heavy atom. The van der Waals surface area contributed by atoms with Crippen molar-refractivity contribution in [2.75, 3.05) is 10.8 Å². The lowest BCUT2D eigenvalue weighted by Crippen LogP contribution is -2.54. The number of carbonyl (C=O) groups is 2. The second kappa shape index (κ2) is 15.1. The van der Waals surface area contributed by atoms with Crippen LogP contribution in [0.15, 0.2) is 102 Å². The highest BCUT2D eigenvalue weighted by Crippen LogP contribution is 2.31. The fraction of sp³-hybridized carbons (Fsp3) is 0.235. The summed E-state index contributed by atoms with van der Waals surface area (Å²) >= 11 is 19.0. The van der Waals surface area contributed by atoms with Gasteiger partial charge in [0.05, 0.1) is 20.6 Å². The van der Waals surface area contributed by atoms with Crippen molar-refractivity contribution in [3.05, 3.63) is 129 Å². The normalized spacial score (nSPS) is 12.1. The zero-order chi connectivity index (χ0) is 32.7. The van der Waals surface area contributed by atoms with Gasteiger partial charge >= 0.3 is 0 Å². The van der Waals surface area contributed by atoms with Gasteiger partial charge in [-0.05, 0) is 68.3 Å². The molecule has 0 aromatic heterocycles. The van der Waals surface area contributed by atoms with Crippen molar-refractivity contribution in [1.82, 2.24) is 10.2 Å². The molecule has 0 spiro atoms. The molecule has 0 fully saturated rings. The molecule has 0 radical (unpaired) electrons. The zero-order valence-corrected chi connectivity index (χ0v) is 28.2. The molecule has 0 saturated heterocycles. The van der Waals surface area contributed by atoms with E-state index in [2.05, 4.69) is 5.32 Å². The second-order valence-electron chi connectivity index (χ2n) is 10.9. The maximum atomic E-state index is 14.5. The van der Waals surface area contributed by atoms with Crippen molar-refractivity contribution in [2.45, 2.75) is 50.7 Å². The van der Waals surface area contributed by atoms with Crippen LogP contribution in [0, 0.1) is 6.92 Å². The van der Waals surface area contributed by atoms with E-state index in [0.29, 0.717) is 10.6 Å². The van der Waals surface area contributed by atoms with E-state index in [1.165, 1.54) is 35.2 Å². The minimum atomic E-state index is -4.28. The number of amides is 2. The van der Waals surface area contributed by atoms with E-state index in [9.17, 15) is 18.0 Å². The molecule has 4 rings (SSSR count). The molecule has 4 aromatic rings. The number of anilines is 1. The molecule has 7 nitrogen and oxygen atoms in total. The Morgan fingerprint density at radius 3 is 2.07 bits per heavy atom. The molecule has 4 aromatic carbocycles. The topological polar surface area (TPSA) is 86.8 Å². The van der Waals surface area contributed by atoms with Gasteiger partial charge in [-0.25, -0.2) is 8.42 Å². The quantitative estimate of drug-likeness (QED) is 0.169. The van der Waals surface area contributed by atoms with Crippen molar-refractivity contribution in [1.29, 1.82) is 0 Å². The van der Waals surface area contributed by atoms with Crippen LogP contribution in [0.2, 0.25) is 15.1 Å². The number of hydrogen-bond donors (Lipinski definition) is 1. The molecule has 0 heterocycles. The Balaban J connectivity index is 1.83. The number of nitrogens with zero attached hydrogens (tertiary/aromatic N) is 2. The van der Waals surface area contributed by atoms with Gasteiger partial charge in [0.15, 0.2) is 0 Å². The minimum absolute atomic E-state index is 0.0111. The van der Waals surface area contributed by atoms with Crippen molar-refractivity contribution in [3.8, 4) is 0 Å². The summed E-state index contributed by atoms with van der Waals surface area (Å²) in [5, 5.41) is 3.69. The lowest BCUT2D eigenvalue weighted by Gasteiger charge is -2.34. The number of aryl methyl sites for hydroxylation is 1. The van der Waals surface area contributed by atoms with E-state index in [4.69, 9.17) is 34.8 Å². The van der Waals surface area contributed by atoms with Crippen LogP contribution < -0.4 is 9.62 Å². The highest BCUT2D eigenvalue weighted by molar-refractivity contribution is 7.92. The van der Waals surface area contributed by atoms with E-state index >= 15 is 0 Å². The Labute approximate surface area is 279 Å². The summed E-state index contributed by atoms with van der Waals surface area (Å²) in [5.41, 5.74) is 2.44. The number of benzene rings is 4. The summed E-state index contributed by atoms with van der Waals surface area (Å²) in [4.78, 5) is 29.6. The van der Waals surface area contributed by atoms with Crippen LogP contribution in [0.3, 0.4) is 0 Å². The van der Waals surface area contributed by atoms with Gasteiger partial charge in [0.1, 0.15) is 12.6 Å². The van der Waals surface area contributed by atoms with E-state index in [-0.39, 0.29) is 45.5 Å². The molecule has 45 heavy (non-hydrogen) atoms. The van der Waals surface area contributed by atoms with Crippen LogP contribution in [-0.2, 0) is 32.6 Å². The molecule has 11 heteroatoms. The number of sulfonamides is 1. The smallest absolute Gasteiger partial charge is 0.264 e. The number of nitrogens with one attached hydrogen (secondary N) is 1. The van der Waals surface area contributed by atoms with Crippen LogP contribution in [-0.4, -0.2) is 43.8 Å². The third kappa shape index (κ3) is 8.79. The largest absolute Gasteiger partial charge is 0.352 e. The standard InChI is InChI=1S/C34H34Cl3N3O4S/c1-23(2)38-34(42)32(19-25-9-5-4-6-10-25)39(21-26-11-7-8-12-29(26)35)33(41)22-40(27-15-18-30(36)31(37)20-27)45(43,44)28-16-13-24(3)14-17-28/h4-18,20,23,32H,19,21-22H2,1-3H3,(H,38,42)/t32-/m0/s1. The molecule has 0 unspecified atom stereocenters. The van der Waals surface area contributed by atoms with E-state index in [0.717, 1.165) is 15.4 Å². The highest BCUT2D eigenvalue weighted by atomic mass is 35.5. The summed E-state index contributed by atoms with van der Waals surface area (Å²) in [6.45, 7) is 4.84. The Morgan fingerprint density at radius 2 is 1.44 bits per heavy atom. The number of hydrogen-bond acceptors (Lipinski definition) is 4. The zero-order valence-electron chi connectivity index (χ0n) is 25.1. The van der Waals surface area contributed by atoms with Crippen LogP contribution in [0.4, 0.5) is 5.69 Å². The number of halogens is 3. The van der Waals surface area contributed by atoms with Gasteiger partial charge in [-0.3, -0.25) is 13.9 Å². The van der Waals surface area contributed by atoms with Gasteiger partial charge in [0.2, 0.25) is 11.8 Å².